The predicted molar refractivity (Wildman–Crippen MR) is 316 cm³/mol. The standard InChI is InChI=1S/C64H113N2O7P/c1-7-10-13-16-19-22-25-28-29-30-31-32-33-34-35-36-37-39-41-44-47-50-53-56-63(67)65-61(60-72-74(69,70)71-59-58-66(4,5)6)62(55-52-49-46-43-40-27-24-21-18-15-12-9-3)73-64(68)57-54-51-48-45-42-38-26-23-20-17-14-11-8-2/h10,13,19,22,28-29,31-32,34-35,38,42,48,51-52,55,61-62H,7-9,11-12,14-18,20-21,23-27,30,33,36-37,39-41,43-47,49-50,53-54,56-60H2,1-6H3,(H-,65,67,69,70)/b13-10-,22-19-,29-28-,32-31-,35-34-,42-38-,51-48+,55-52-. The minimum absolute atomic E-state index is 0.0365. The molecule has 0 saturated heterocycles. The number of phosphoric ester groups is 1. The lowest BCUT2D eigenvalue weighted by molar-refractivity contribution is -0.870. The number of carbonyl (C=O) groups is 2. The molecular weight excluding hydrogens is 940 g/mol. The van der Waals surface area contributed by atoms with Gasteiger partial charge in [-0.15, -0.1) is 0 Å². The van der Waals surface area contributed by atoms with Gasteiger partial charge >= 0.3 is 5.97 Å². The van der Waals surface area contributed by atoms with Crippen molar-refractivity contribution in [1.29, 1.82) is 0 Å². The number of nitrogens with one attached hydrogen (secondary N) is 1. The van der Waals surface area contributed by atoms with E-state index in [0.29, 0.717) is 23.9 Å². The molecule has 3 atom stereocenters. The summed E-state index contributed by atoms with van der Waals surface area (Å²) in [7, 11) is 1.14. The molecule has 0 aromatic heterocycles. The van der Waals surface area contributed by atoms with Crippen LogP contribution < -0.4 is 10.2 Å². The minimum atomic E-state index is -4.71. The van der Waals surface area contributed by atoms with Crippen LogP contribution >= 0.6 is 7.82 Å². The molecule has 0 fully saturated rings. The van der Waals surface area contributed by atoms with Gasteiger partial charge in [-0.2, -0.15) is 0 Å². The van der Waals surface area contributed by atoms with Gasteiger partial charge in [0.2, 0.25) is 5.91 Å². The third-order valence-corrected chi connectivity index (χ3v) is 13.7. The van der Waals surface area contributed by atoms with E-state index in [4.69, 9.17) is 13.8 Å². The first-order chi connectivity index (χ1) is 35.9. The van der Waals surface area contributed by atoms with Gasteiger partial charge < -0.3 is 28.5 Å². The number of rotatable bonds is 53. The molecule has 0 spiro atoms. The van der Waals surface area contributed by atoms with Crippen LogP contribution in [0.2, 0.25) is 0 Å². The van der Waals surface area contributed by atoms with Gasteiger partial charge in [-0.3, -0.25) is 14.2 Å². The van der Waals surface area contributed by atoms with E-state index in [2.05, 4.69) is 105 Å². The second-order valence-corrected chi connectivity index (χ2v) is 22.5. The quantitative estimate of drug-likeness (QED) is 0.0212. The maximum Gasteiger partial charge on any atom is 0.306 e. The van der Waals surface area contributed by atoms with Crippen LogP contribution in [0.25, 0.3) is 0 Å². The van der Waals surface area contributed by atoms with Crippen LogP contribution in [0.5, 0.6) is 0 Å². The average Bonchev–Trinajstić information content (AvgIpc) is 3.36. The largest absolute Gasteiger partial charge is 0.756 e. The van der Waals surface area contributed by atoms with Gasteiger partial charge in [-0.25, -0.2) is 0 Å². The lowest BCUT2D eigenvalue weighted by atomic mass is 10.0. The molecule has 0 aliphatic heterocycles. The first kappa shape index (κ1) is 70.9. The Kier molecular flexibility index (Phi) is 51.1. The minimum Gasteiger partial charge on any atom is -0.756 e. The first-order valence-corrected chi connectivity index (χ1v) is 31.5. The number of likely N-dealkylation sites (N-methyl/N-ethyl adjacent to an activating group) is 1. The van der Waals surface area contributed by atoms with E-state index in [1.54, 1.807) is 6.08 Å². The molecule has 0 aliphatic rings. The molecule has 0 aliphatic carbocycles. The molecule has 0 heterocycles. The van der Waals surface area contributed by atoms with E-state index < -0.39 is 32.5 Å². The van der Waals surface area contributed by atoms with E-state index in [1.807, 2.05) is 33.3 Å². The maximum atomic E-state index is 13.5. The fraction of sp³-hybridized carbons (Fsp3) is 0.719. The molecular formula is C64H113N2O7P. The number of allylic oxidation sites excluding steroid dienone is 15. The highest BCUT2D eigenvalue weighted by Crippen LogP contribution is 2.38. The Morgan fingerprint density at radius 1 is 0.486 bits per heavy atom. The summed E-state index contributed by atoms with van der Waals surface area (Å²) in [6.07, 6.45) is 71.0. The molecule has 0 radical (unpaired) electrons. The molecule has 1 amide bonds. The molecule has 0 saturated carbocycles. The van der Waals surface area contributed by atoms with Gasteiger partial charge in [0.25, 0.3) is 7.82 Å². The number of carbonyl (C=O) groups excluding carboxylic acids is 2. The summed E-state index contributed by atoms with van der Waals surface area (Å²) in [6, 6.07) is -0.921. The third kappa shape index (κ3) is 53.7. The highest BCUT2D eigenvalue weighted by atomic mass is 31.2. The van der Waals surface area contributed by atoms with Crippen LogP contribution in [0, 0.1) is 0 Å². The van der Waals surface area contributed by atoms with Gasteiger partial charge in [0.05, 0.1) is 33.8 Å². The van der Waals surface area contributed by atoms with Crippen LogP contribution in [0.1, 0.15) is 245 Å². The molecule has 74 heavy (non-hydrogen) atoms. The molecule has 3 unspecified atom stereocenters. The zero-order chi connectivity index (χ0) is 54.3. The Balaban J connectivity index is 5.30. The Hall–Kier alpha value is -3.07. The first-order valence-electron chi connectivity index (χ1n) is 30.0. The van der Waals surface area contributed by atoms with Crippen molar-refractivity contribution in [3.8, 4) is 0 Å². The SMILES string of the molecule is CC/C=C\C/C=C\C/C=C\C/C=C\C/C=C\CCCCCCCCCC(=O)NC(COP(=O)([O-])OCC[N+](C)(C)C)C(/C=C\CCCCCCCCCCCC)OC(=O)CC/C=C/C/C=C\CCCCCCCC. The zero-order valence-corrected chi connectivity index (χ0v) is 49.4. The van der Waals surface area contributed by atoms with Crippen molar-refractivity contribution in [2.75, 3.05) is 40.9 Å². The van der Waals surface area contributed by atoms with Crippen LogP contribution in [0.4, 0.5) is 0 Å². The number of unbranched alkanes of at least 4 members (excludes halogenated alkanes) is 23. The molecule has 10 heteroatoms. The van der Waals surface area contributed by atoms with Crippen molar-refractivity contribution in [2.45, 2.75) is 258 Å². The number of nitrogens with zero attached hydrogens (tertiary/aromatic N) is 1. The summed E-state index contributed by atoms with van der Waals surface area (Å²) in [6.45, 7) is 6.66. The molecule has 0 bridgehead atoms. The summed E-state index contributed by atoms with van der Waals surface area (Å²) >= 11 is 0. The number of amides is 1. The van der Waals surface area contributed by atoms with Gasteiger partial charge in [0.1, 0.15) is 19.3 Å². The molecule has 0 rings (SSSR count). The Bertz CT molecular complexity index is 1590. The van der Waals surface area contributed by atoms with Crippen LogP contribution in [0.15, 0.2) is 97.2 Å². The van der Waals surface area contributed by atoms with E-state index in [-0.39, 0.29) is 25.4 Å². The van der Waals surface area contributed by atoms with E-state index >= 15 is 0 Å². The molecule has 1 N–H and O–H groups in total. The Morgan fingerprint density at radius 3 is 1.32 bits per heavy atom. The number of esters is 1. The summed E-state index contributed by atoms with van der Waals surface area (Å²) in [5, 5.41) is 3.00. The Labute approximate surface area is 456 Å². The van der Waals surface area contributed by atoms with Crippen molar-refractivity contribution in [3.63, 3.8) is 0 Å². The smallest absolute Gasteiger partial charge is 0.306 e. The average molecular weight is 1050 g/mol. The molecule has 426 valence electrons. The maximum absolute atomic E-state index is 13.5. The number of phosphoric acid groups is 1. The fourth-order valence-corrected chi connectivity index (χ4v) is 8.85. The summed E-state index contributed by atoms with van der Waals surface area (Å²) < 4.78 is 30.2. The predicted octanol–water partition coefficient (Wildman–Crippen LogP) is 17.8. The fourth-order valence-electron chi connectivity index (χ4n) is 8.13. The second-order valence-electron chi connectivity index (χ2n) is 21.1. The topological polar surface area (TPSA) is 114 Å². The van der Waals surface area contributed by atoms with Gasteiger partial charge in [-0.05, 0) is 96.0 Å². The van der Waals surface area contributed by atoms with E-state index in [0.717, 1.165) is 89.9 Å². The monoisotopic (exact) mass is 1050 g/mol. The Morgan fingerprint density at radius 2 is 0.878 bits per heavy atom. The normalized spacial score (nSPS) is 14.4. The van der Waals surface area contributed by atoms with E-state index in [9.17, 15) is 19.0 Å². The summed E-state index contributed by atoms with van der Waals surface area (Å²) in [5.74, 6) is -0.637. The second kappa shape index (κ2) is 53.3. The van der Waals surface area contributed by atoms with Crippen molar-refractivity contribution >= 4 is 19.7 Å². The van der Waals surface area contributed by atoms with Crippen molar-refractivity contribution in [1.82, 2.24) is 5.32 Å². The van der Waals surface area contributed by atoms with Crippen molar-refractivity contribution in [2.24, 2.45) is 0 Å². The van der Waals surface area contributed by atoms with Crippen molar-refractivity contribution < 1.29 is 37.3 Å². The van der Waals surface area contributed by atoms with Crippen LogP contribution in [0.3, 0.4) is 0 Å². The number of quaternary nitrogens is 1. The number of hydrogen-bond acceptors (Lipinski definition) is 7. The number of ether oxygens (including phenoxy) is 1. The van der Waals surface area contributed by atoms with Crippen molar-refractivity contribution in [3.05, 3.63) is 97.2 Å². The highest BCUT2D eigenvalue weighted by molar-refractivity contribution is 7.45. The van der Waals surface area contributed by atoms with Crippen LogP contribution in [-0.2, 0) is 27.9 Å². The lowest BCUT2D eigenvalue weighted by Gasteiger charge is -2.30. The van der Waals surface area contributed by atoms with Gasteiger partial charge in [0, 0.05) is 12.8 Å². The van der Waals surface area contributed by atoms with E-state index in [1.165, 1.54) is 109 Å². The third-order valence-electron chi connectivity index (χ3n) is 12.8. The van der Waals surface area contributed by atoms with Crippen LogP contribution in [-0.4, -0.2) is 69.4 Å². The summed E-state index contributed by atoms with van der Waals surface area (Å²) in [4.78, 5) is 39.9. The van der Waals surface area contributed by atoms with Gasteiger partial charge in [0.15, 0.2) is 0 Å². The molecule has 9 nitrogen and oxygen atoms in total. The van der Waals surface area contributed by atoms with Gasteiger partial charge in [-0.1, -0.05) is 234 Å². The lowest BCUT2D eigenvalue weighted by Crippen LogP contribution is -2.47. The zero-order valence-electron chi connectivity index (χ0n) is 48.5. The highest BCUT2D eigenvalue weighted by Gasteiger charge is 2.27. The molecule has 0 aromatic rings. The number of hydrogen-bond donors (Lipinski definition) is 1. The summed E-state index contributed by atoms with van der Waals surface area (Å²) in [5.41, 5.74) is 0. The molecule has 0 aromatic carbocycles.